The number of carbonyl (C=O) groups excluding carboxylic acids is 3. The highest BCUT2D eigenvalue weighted by atomic mass is 16.7. The Morgan fingerprint density at radius 2 is 1.40 bits per heavy atom. The fourth-order valence-electron chi connectivity index (χ4n) is 6.73. The summed E-state index contributed by atoms with van der Waals surface area (Å²) in [4.78, 5) is 42.0. The number of nitrogens with one attached hydrogen (secondary N) is 2. The molecular formula is C43H53N3O7. The average Bonchev–Trinajstić information content (AvgIpc) is 3.45. The Morgan fingerprint density at radius 1 is 0.774 bits per heavy atom. The molecule has 0 spiro atoms. The second kappa shape index (κ2) is 18.7. The lowest BCUT2D eigenvalue weighted by molar-refractivity contribution is -0.161. The molecule has 4 aromatic rings. The molecule has 2 N–H and O–H groups in total. The number of nitrogens with zero attached hydrogens (tertiary/aromatic N) is 1. The molecule has 3 amide bonds. The van der Waals surface area contributed by atoms with E-state index < -0.39 is 30.1 Å². The molecular weight excluding hydrogens is 670 g/mol. The van der Waals surface area contributed by atoms with E-state index in [1.807, 2.05) is 95.3 Å². The van der Waals surface area contributed by atoms with Crippen LogP contribution in [0, 0.1) is 0 Å². The molecule has 0 radical (unpaired) electrons. The average molecular weight is 724 g/mol. The molecule has 53 heavy (non-hydrogen) atoms. The van der Waals surface area contributed by atoms with Gasteiger partial charge in [0.1, 0.15) is 18.2 Å². The molecule has 1 aliphatic rings. The van der Waals surface area contributed by atoms with Gasteiger partial charge in [0.25, 0.3) is 0 Å². The largest absolute Gasteiger partial charge is 0.449 e. The van der Waals surface area contributed by atoms with Gasteiger partial charge in [-0.05, 0) is 98.5 Å². The third-order valence-electron chi connectivity index (χ3n) is 9.10. The summed E-state index contributed by atoms with van der Waals surface area (Å²) >= 11 is 0. The van der Waals surface area contributed by atoms with Crippen molar-refractivity contribution in [1.82, 2.24) is 15.5 Å². The molecule has 1 unspecified atom stereocenters. The van der Waals surface area contributed by atoms with Crippen LogP contribution in [-0.2, 0) is 30.3 Å². The molecule has 0 aromatic heterocycles. The monoisotopic (exact) mass is 723 g/mol. The normalized spacial score (nSPS) is 12.9. The van der Waals surface area contributed by atoms with Crippen molar-refractivity contribution in [3.05, 3.63) is 108 Å². The molecule has 10 heteroatoms. The Labute approximate surface area is 313 Å². The number of fused-ring (bicyclic) bond motifs is 4. The first kappa shape index (κ1) is 39.3. The van der Waals surface area contributed by atoms with E-state index in [2.05, 4.69) is 41.0 Å². The van der Waals surface area contributed by atoms with Crippen LogP contribution < -0.4 is 10.6 Å². The molecule has 5 rings (SSSR count). The van der Waals surface area contributed by atoms with Gasteiger partial charge in [-0.15, -0.1) is 0 Å². The van der Waals surface area contributed by atoms with Crippen LogP contribution in [0.5, 0.6) is 0 Å². The van der Waals surface area contributed by atoms with Crippen molar-refractivity contribution >= 4 is 28.9 Å². The predicted molar refractivity (Wildman–Crippen MR) is 206 cm³/mol. The molecule has 282 valence electrons. The van der Waals surface area contributed by atoms with Crippen LogP contribution in [0.15, 0.2) is 91.0 Å². The van der Waals surface area contributed by atoms with Gasteiger partial charge in [0, 0.05) is 32.2 Å². The molecule has 10 nitrogen and oxygen atoms in total. The molecule has 0 aliphatic heterocycles. The molecule has 0 heterocycles. The number of hydrogen-bond acceptors (Lipinski definition) is 7. The number of ether oxygens (including phenoxy) is 4. The standard InChI is InChI=1S/C43H53N3O7/c1-6-50-39(51-7-2)28-46(27-30-23-24-31-16-8-9-17-32(31)26-30)40(47)38(22-14-15-25-44-41(48)53-43(3,4)5)45-42(49)52-29-37-35-20-12-10-18-33(35)34-19-11-13-21-36(34)37/h8-13,16-21,23-24,26,37-39H,6-7,14-15,22,25,27-29H2,1-5H3,(H,44,48)(H,45,49). The molecule has 0 saturated heterocycles. The van der Waals surface area contributed by atoms with Crippen LogP contribution in [0.25, 0.3) is 21.9 Å². The van der Waals surface area contributed by atoms with Crippen molar-refractivity contribution in [1.29, 1.82) is 0 Å². The first-order valence-electron chi connectivity index (χ1n) is 18.6. The summed E-state index contributed by atoms with van der Waals surface area (Å²) in [6.07, 6.45) is -0.389. The van der Waals surface area contributed by atoms with Crippen molar-refractivity contribution in [2.75, 3.05) is 32.9 Å². The van der Waals surface area contributed by atoms with Gasteiger partial charge in [-0.25, -0.2) is 9.59 Å². The molecule has 0 bridgehead atoms. The van der Waals surface area contributed by atoms with Gasteiger partial charge in [0.2, 0.25) is 5.91 Å². The van der Waals surface area contributed by atoms with E-state index in [0.29, 0.717) is 39.0 Å². The molecule has 0 saturated carbocycles. The van der Waals surface area contributed by atoms with Gasteiger partial charge in [-0.3, -0.25) is 4.79 Å². The lowest BCUT2D eigenvalue weighted by atomic mass is 9.98. The maximum atomic E-state index is 14.6. The number of hydrogen-bond donors (Lipinski definition) is 2. The zero-order valence-corrected chi connectivity index (χ0v) is 31.6. The second-order valence-electron chi connectivity index (χ2n) is 14.2. The summed E-state index contributed by atoms with van der Waals surface area (Å²) in [5.74, 6) is -0.403. The van der Waals surface area contributed by atoms with Gasteiger partial charge in [-0.1, -0.05) is 84.9 Å². The number of alkyl carbamates (subject to hydrolysis) is 2. The maximum absolute atomic E-state index is 14.6. The topological polar surface area (TPSA) is 115 Å². The Morgan fingerprint density at radius 3 is 2.04 bits per heavy atom. The van der Waals surface area contributed by atoms with Gasteiger partial charge < -0.3 is 34.5 Å². The minimum Gasteiger partial charge on any atom is -0.449 e. The van der Waals surface area contributed by atoms with E-state index in [9.17, 15) is 14.4 Å². The van der Waals surface area contributed by atoms with E-state index in [0.717, 1.165) is 38.6 Å². The van der Waals surface area contributed by atoms with Gasteiger partial charge in [0.15, 0.2) is 6.29 Å². The van der Waals surface area contributed by atoms with Gasteiger partial charge in [-0.2, -0.15) is 0 Å². The minimum absolute atomic E-state index is 0.122. The summed E-state index contributed by atoms with van der Waals surface area (Å²) in [6, 6.07) is 29.6. The molecule has 0 fully saturated rings. The molecule has 1 aliphatic carbocycles. The number of rotatable bonds is 17. The van der Waals surface area contributed by atoms with Crippen molar-refractivity contribution < 1.29 is 33.3 Å². The van der Waals surface area contributed by atoms with Crippen LogP contribution in [0.2, 0.25) is 0 Å². The summed E-state index contributed by atoms with van der Waals surface area (Å²) in [7, 11) is 0. The van der Waals surface area contributed by atoms with Crippen LogP contribution in [0.1, 0.15) is 76.5 Å². The van der Waals surface area contributed by atoms with E-state index in [4.69, 9.17) is 18.9 Å². The van der Waals surface area contributed by atoms with Crippen molar-refractivity contribution in [2.45, 2.75) is 84.3 Å². The smallest absolute Gasteiger partial charge is 0.407 e. The maximum Gasteiger partial charge on any atom is 0.407 e. The van der Waals surface area contributed by atoms with E-state index in [1.165, 1.54) is 0 Å². The summed E-state index contributed by atoms with van der Waals surface area (Å²) in [5, 5.41) is 7.85. The first-order valence-corrected chi connectivity index (χ1v) is 18.6. The first-order chi connectivity index (χ1) is 25.6. The Kier molecular flexibility index (Phi) is 13.9. The number of unbranched alkanes of at least 4 members (excludes halogenated alkanes) is 1. The van der Waals surface area contributed by atoms with Gasteiger partial charge in [0.05, 0.1) is 6.54 Å². The fraction of sp³-hybridized carbons (Fsp3) is 0.419. The van der Waals surface area contributed by atoms with Crippen molar-refractivity contribution in [2.24, 2.45) is 0 Å². The highest BCUT2D eigenvalue weighted by molar-refractivity contribution is 5.86. The van der Waals surface area contributed by atoms with Crippen molar-refractivity contribution in [3.8, 4) is 11.1 Å². The predicted octanol–water partition coefficient (Wildman–Crippen LogP) is 8.17. The second-order valence-corrected chi connectivity index (χ2v) is 14.2. The van der Waals surface area contributed by atoms with E-state index in [1.54, 1.807) is 4.90 Å². The highest BCUT2D eigenvalue weighted by Gasteiger charge is 2.32. The SMILES string of the molecule is CCOC(CN(Cc1ccc2ccccc2c1)C(=O)C(CCCCNC(=O)OC(C)(C)C)NC(=O)OCC1c2ccccc2-c2ccccc21)OCC. The zero-order valence-electron chi connectivity index (χ0n) is 31.6. The number of amides is 3. The van der Waals surface area contributed by atoms with Crippen LogP contribution >= 0.6 is 0 Å². The molecule has 1 atom stereocenters. The van der Waals surface area contributed by atoms with Gasteiger partial charge >= 0.3 is 12.2 Å². The highest BCUT2D eigenvalue weighted by Crippen LogP contribution is 2.44. The van der Waals surface area contributed by atoms with E-state index >= 15 is 0 Å². The Bertz CT molecular complexity index is 1790. The van der Waals surface area contributed by atoms with Crippen molar-refractivity contribution in [3.63, 3.8) is 0 Å². The zero-order chi connectivity index (χ0) is 37.8. The Balaban J connectivity index is 1.33. The number of benzene rings is 4. The lowest BCUT2D eigenvalue weighted by Gasteiger charge is -2.31. The summed E-state index contributed by atoms with van der Waals surface area (Å²) in [5.41, 5.74) is 4.80. The van der Waals surface area contributed by atoms with Crippen LogP contribution in [0.4, 0.5) is 9.59 Å². The number of carbonyl (C=O) groups is 3. The fourth-order valence-corrected chi connectivity index (χ4v) is 6.73. The third kappa shape index (κ3) is 11.0. The minimum atomic E-state index is -0.906. The summed E-state index contributed by atoms with van der Waals surface area (Å²) in [6.45, 7) is 10.9. The lowest BCUT2D eigenvalue weighted by Crippen LogP contribution is -2.51. The quantitative estimate of drug-likeness (QED) is 0.0835. The molecule has 4 aromatic carbocycles. The third-order valence-corrected chi connectivity index (χ3v) is 9.10. The van der Waals surface area contributed by atoms with Crippen LogP contribution in [0.3, 0.4) is 0 Å². The summed E-state index contributed by atoms with van der Waals surface area (Å²) < 4.78 is 23.0. The van der Waals surface area contributed by atoms with E-state index in [-0.39, 0.29) is 31.5 Å². The van der Waals surface area contributed by atoms with Crippen LogP contribution in [-0.4, -0.2) is 73.8 Å². The Hall–Kier alpha value is -4.93.